The Balaban J connectivity index is 2.11. The monoisotopic (exact) mass is 373 g/mol. The minimum atomic E-state index is 0.920. The van der Waals surface area contributed by atoms with Crippen molar-refractivity contribution in [2.75, 3.05) is 18.0 Å². The molecule has 1 unspecified atom stereocenters. The number of hydrogen-bond donors (Lipinski definition) is 0. The van der Waals surface area contributed by atoms with Crippen molar-refractivity contribution in [1.82, 2.24) is 0 Å². The minimum Gasteiger partial charge on any atom is -0.371 e. The maximum atomic E-state index is 3.72. The highest BCUT2D eigenvalue weighted by Gasteiger charge is 2.17. The first-order chi connectivity index (χ1) is 8.74. The number of rotatable bonds is 3. The third-order valence-corrected chi connectivity index (χ3v) is 5.21. The molecule has 2 rings (SSSR count). The lowest BCUT2D eigenvalue weighted by molar-refractivity contribution is 0.459. The molecule has 3 heteroatoms. The standard InChI is InChI=1S/C15H21Br2N/c1-2-12-4-3-8-18(9-7-12)15-6-5-13(11-16)10-14(15)17/h5-6,10,12H,2-4,7-9,11H2,1H3. The topological polar surface area (TPSA) is 3.24 Å². The molecule has 1 aliphatic heterocycles. The number of benzene rings is 1. The second kappa shape index (κ2) is 6.95. The van der Waals surface area contributed by atoms with Crippen LogP contribution in [0.25, 0.3) is 0 Å². The molecular formula is C15H21Br2N. The molecule has 1 saturated heterocycles. The lowest BCUT2D eigenvalue weighted by Crippen LogP contribution is -2.24. The maximum Gasteiger partial charge on any atom is 0.0510 e. The predicted molar refractivity (Wildman–Crippen MR) is 86.6 cm³/mol. The van der Waals surface area contributed by atoms with Gasteiger partial charge in [0.25, 0.3) is 0 Å². The lowest BCUT2D eigenvalue weighted by Gasteiger charge is -2.24. The number of nitrogens with zero attached hydrogens (tertiary/aromatic N) is 1. The Morgan fingerprint density at radius 1 is 1.28 bits per heavy atom. The van der Waals surface area contributed by atoms with Crippen LogP contribution >= 0.6 is 31.9 Å². The van der Waals surface area contributed by atoms with Crippen molar-refractivity contribution in [3.05, 3.63) is 28.2 Å². The van der Waals surface area contributed by atoms with E-state index in [0.717, 1.165) is 11.2 Å². The summed E-state index contributed by atoms with van der Waals surface area (Å²) in [4.78, 5) is 2.54. The Kier molecular flexibility index (Phi) is 5.56. The number of anilines is 1. The van der Waals surface area contributed by atoms with Gasteiger partial charge >= 0.3 is 0 Å². The fraction of sp³-hybridized carbons (Fsp3) is 0.600. The van der Waals surface area contributed by atoms with Crippen molar-refractivity contribution < 1.29 is 0 Å². The van der Waals surface area contributed by atoms with E-state index < -0.39 is 0 Å². The van der Waals surface area contributed by atoms with Crippen molar-refractivity contribution in [2.45, 2.75) is 37.9 Å². The van der Waals surface area contributed by atoms with E-state index in [1.807, 2.05) is 0 Å². The van der Waals surface area contributed by atoms with Gasteiger partial charge in [0.1, 0.15) is 0 Å². The van der Waals surface area contributed by atoms with Crippen LogP contribution in [0.1, 0.15) is 38.2 Å². The van der Waals surface area contributed by atoms with E-state index in [9.17, 15) is 0 Å². The summed E-state index contributed by atoms with van der Waals surface area (Å²) in [5, 5.41) is 0.920. The Bertz CT molecular complexity index is 392. The third-order valence-electron chi connectivity index (χ3n) is 3.93. The largest absolute Gasteiger partial charge is 0.371 e. The second-order valence-electron chi connectivity index (χ2n) is 5.11. The summed E-state index contributed by atoms with van der Waals surface area (Å²) in [6, 6.07) is 6.70. The summed E-state index contributed by atoms with van der Waals surface area (Å²) in [7, 11) is 0. The summed E-state index contributed by atoms with van der Waals surface area (Å²) in [6.45, 7) is 4.72. The van der Waals surface area contributed by atoms with Crippen LogP contribution in [-0.2, 0) is 5.33 Å². The van der Waals surface area contributed by atoms with Gasteiger partial charge in [-0.2, -0.15) is 0 Å². The summed E-state index contributed by atoms with van der Waals surface area (Å²) in [5.41, 5.74) is 2.68. The molecule has 0 spiro atoms. The number of halogens is 2. The zero-order chi connectivity index (χ0) is 13.0. The molecule has 1 nitrogen and oxygen atoms in total. The molecule has 0 N–H and O–H groups in total. The molecule has 0 saturated carbocycles. The summed E-state index contributed by atoms with van der Waals surface area (Å²) in [6.07, 6.45) is 5.38. The van der Waals surface area contributed by atoms with Gasteiger partial charge in [-0.1, -0.05) is 35.3 Å². The van der Waals surface area contributed by atoms with Crippen LogP contribution in [0.4, 0.5) is 5.69 Å². The molecule has 0 radical (unpaired) electrons. The molecule has 1 heterocycles. The van der Waals surface area contributed by atoms with Crippen LogP contribution in [0, 0.1) is 5.92 Å². The first kappa shape index (κ1) is 14.4. The first-order valence-electron chi connectivity index (χ1n) is 6.84. The van der Waals surface area contributed by atoms with Gasteiger partial charge < -0.3 is 4.90 Å². The van der Waals surface area contributed by atoms with E-state index in [1.165, 1.54) is 54.5 Å². The molecule has 0 amide bonds. The van der Waals surface area contributed by atoms with Gasteiger partial charge in [0.2, 0.25) is 0 Å². The van der Waals surface area contributed by atoms with Crippen molar-refractivity contribution in [1.29, 1.82) is 0 Å². The highest BCUT2D eigenvalue weighted by Crippen LogP contribution is 2.31. The van der Waals surface area contributed by atoms with Gasteiger partial charge in [0, 0.05) is 22.9 Å². The molecule has 1 aromatic rings. The highest BCUT2D eigenvalue weighted by molar-refractivity contribution is 9.10. The van der Waals surface area contributed by atoms with Crippen LogP contribution in [0.5, 0.6) is 0 Å². The second-order valence-corrected chi connectivity index (χ2v) is 6.53. The van der Waals surface area contributed by atoms with Gasteiger partial charge in [-0.3, -0.25) is 0 Å². The van der Waals surface area contributed by atoms with Crippen LogP contribution in [0.15, 0.2) is 22.7 Å². The molecule has 0 bridgehead atoms. The third kappa shape index (κ3) is 3.51. The van der Waals surface area contributed by atoms with Gasteiger partial charge in [0.05, 0.1) is 5.69 Å². The van der Waals surface area contributed by atoms with E-state index in [0.29, 0.717) is 0 Å². The first-order valence-corrected chi connectivity index (χ1v) is 8.75. The van der Waals surface area contributed by atoms with Crippen molar-refractivity contribution in [3.63, 3.8) is 0 Å². The summed E-state index contributed by atoms with van der Waals surface area (Å²) < 4.78 is 1.23. The predicted octanol–water partition coefficient (Wildman–Crippen LogP) is 5.36. The average molecular weight is 375 g/mol. The molecule has 0 aliphatic carbocycles. The van der Waals surface area contributed by atoms with Crippen LogP contribution in [0.3, 0.4) is 0 Å². The molecule has 100 valence electrons. The van der Waals surface area contributed by atoms with Crippen molar-refractivity contribution in [2.24, 2.45) is 5.92 Å². The zero-order valence-corrected chi connectivity index (χ0v) is 14.1. The SMILES string of the molecule is CCC1CCCN(c2ccc(CBr)cc2Br)CC1. The minimum absolute atomic E-state index is 0.920. The van der Waals surface area contributed by atoms with Gasteiger partial charge in [-0.05, 0) is 58.8 Å². The average Bonchev–Trinajstić information content (AvgIpc) is 2.63. The van der Waals surface area contributed by atoms with E-state index in [1.54, 1.807) is 0 Å². The highest BCUT2D eigenvalue weighted by atomic mass is 79.9. The van der Waals surface area contributed by atoms with Crippen LogP contribution in [0.2, 0.25) is 0 Å². The number of hydrogen-bond acceptors (Lipinski definition) is 1. The Morgan fingerprint density at radius 2 is 2.11 bits per heavy atom. The molecule has 1 aromatic carbocycles. The molecule has 1 aliphatic rings. The van der Waals surface area contributed by atoms with Crippen molar-refractivity contribution in [3.8, 4) is 0 Å². The van der Waals surface area contributed by atoms with Crippen LogP contribution in [-0.4, -0.2) is 13.1 Å². The molecule has 18 heavy (non-hydrogen) atoms. The Hall–Kier alpha value is -0.0200. The zero-order valence-electron chi connectivity index (χ0n) is 11.0. The summed E-state index contributed by atoms with van der Waals surface area (Å²) >= 11 is 7.23. The van der Waals surface area contributed by atoms with Gasteiger partial charge in [-0.25, -0.2) is 0 Å². The van der Waals surface area contributed by atoms with Gasteiger partial charge in [-0.15, -0.1) is 0 Å². The van der Waals surface area contributed by atoms with E-state index >= 15 is 0 Å². The molecule has 1 atom stereocenters. The van der Waals surface area contributed by atoms with E-state index in [-0.39, 0.29) is 0 Å². The number of alkyl halides is 1. The molecule has 0 aromatic heterocycles. The quantitative estimate of drug-likeness (QED) is 0.643. The maximum absolute atomic E-state index is 3.72. The molecular weight excluding hydrogens is 354 g/mol. The van der Waals surface area contributed by atoms with Crippen LogP contribution < -0.4 is 4.90 Å². The van der Waals surface area contributed by atoms with Gasteiger partial charge in [0.15, 0.2) is 0 Å². The fourth-order valence-corrected chi connectivity index (χ4v) is 3.73. The van der Waals surface area contributed by atoms with Crippen molar-refractivity contribution >= 4 is 37.5 Å². The van der Waals surface area contributed by atoms with E-state index in [4.69, 9.17) is 0 Å². The summed E-state index contributed by atoms with van der Waals surface area (Å²) in [5.74, 6) is 0.926. The fourth-order valence-electron chi connectivity index (χ4n) is 2.70. The molecule has 1 fully saturated rings. The Morgan fingerprint density at radius 3 is 2.78 bits per heavy atom. The lowest BCUT2D eigenvalue weighted by atomic mass is 9.98. The van der Waals surface area contributed by atoms with E-state index in [2.05, 4.69) is 61.9 Å². The smallest absolute Gasteiger partial charge is 0.0510 e. The Labute approximate surface area is 127 Å². The normalized spacial score (nSPS) is 20.8.